The maximum Gasteiger partial charge on any atom is 0.298 e. The Bertz CT molecular complexity index is 1290. The lowest BCUT2D eigenvalue weighted by molar-refractivity contribution is 0.0958. The van der Waals surface area contributed by atoms with Gasteiger partial charge in [0, 0.05) is 30.7 Å². The van der Waals surface area contributed by atoms with Crippen molar-refractivity contribution in [2.45, 2.75) is 17.7 Å². The topological polar surface area (TPSA) is 62.6 Å². The van der Waals surface area contributed by atoms with Crippen LogP contribution in [0.15, 0.2) is 88.2 Å². The van der Waals surface area contributed by atoms with Gasteiger partial charge >= 0.3 is 0 Å². The quantitative estimate of drug-likeness (QED) is 0.415. The average molecular weight is 445 g/mol. The number of benzene rings is 3. The van der Waals surface area contributed by atoms with Crippen molar-refractivity contribution in [1.29, 1.82) is 0 Å². The van der Waals surface area contributed by atoms with Gasteiger partial charge in [0.15, 0.2) is 16.7 Å². The Kier molecular flexibility index (Phi) is 5.53. The average Bonchev–Trinajstić information content (AvgIpc) is 3.53. The molecule has 1 aliphatic carbocycles. The first-order valence-corrected chi connectivity index (χ1v) is 11.9. The molecule has 1 aliphatic rings. The molecule has 1 saturated carbocycles. The van der Waals surface area contributed by atoms with Crippen LogP contribution in [-0.4, -0.2) is 23.7 Å². The van der Waals surface area contributed by atoms with Crippen LogP contribution in [0.2, 0.25) is 0 Å². The largest absolute Gasteiger partial charge is 0.451 e. The van der Waals surface area contributed by atoms with Gasteiger partial charge in [-0.15, -0.1) is 0 Å². The molecule has 0 radical (unpaired) electrons. The zero-order valence-corrected chi connectivity index (χ0v) is 18.6. The van der Waals surface area contributed by atoms with Crippen LogP contribution in [0, 0.1) is 5.92 Å². The summed E-state index contributed by atoms with van der Waals surface area (Å²) >= 11 is 0. The van der Waals surface area contributed by atoms with Gasteiger partial charge in [0.2, 0.25) is 0 Å². The van der Waals surface area contributed by atoms with Crippen LogP contribution in [-0.2, 0) is 11.0 Å². The molecule has 5 nitrogen and oxygen atoms in total. The van der Waals surface area contributed by atoms with E-state index in [0.717, 1.165) is 34.7 Å². The fourth-order valence-corrected chi connectivity index (χ4v) is 4.80. The number of carbonyl (C=O) groups excluding carboxylic acids is 1. The standard InChI is InChI=1S/C26H24N2O3S/c1-28(17-18-11-12-18)21-14-13-20-15-24(31-23(20)16-21)26(29)27-32(30)25-10-6-5-9-22(25)19-7-3-2-4-8-19/h2-10,13-16,18H,11-12,17H2,1H3,(H,27,29). The molecule has 1 N–H and O–H groups in total. The number of nitrogens with one attached hydrogen (secondary N) is 1. The predicted molar refractivity (Wildman–Crippen MR) is 128 cm³/mol. The first-order valence-electron chi connectivity index (χ1n) is 10.7. The number of fused-ring (bicyclic) bond motifs is 1. The SMILES string of the molecule is CN(CC1CC1)c1ccc2cc(C(=O)NS(=O)c3ccccc3-c3ccccc3)oc2c1. The number of amides is 1. The summed E-state index contributed by atoms with van der Waals surface area (Å²) in [5.41, 5.74) is 3.47. The smallest absolute Gasteiger partial charge is 0.298 e. The number of anilines is 1. The highest BCUT2D eigenvalue weighted by Gasteiger charge is 2.23. The first kappa shape index (κ1) is 20.5. The Balaban J connectivity index is 1.35. The van der Waals surface area contributed by atoms with Crippen LogP contribution in [0.4, 0.5) is 5.69 Å². The van der Waals surface area contributed by atoms with Gasteiger partial charge in [-0.05, 0) is 54.2 Å². The fraction of sp³-hybridized carbons (Fsp3) is 0.192. The first-order chi connectivity index (χ1) is 15.6. The molecule has 4 aromatic rings. The van der Waals surface area contributed by atoms with Crippen molar-refractivity contribution in [3.8, 4) is 11.1 Å². The van der Waals surface area contributed by atoms with Crippen LogP contribution in [0.5, 0.6) is 0 Å². The van der Waals surface area contributed by atoms with Crippen molar-refractivity contribution in [2.75, 3.05) is 18.5 Å². The van der Waals surface area contributed by atoms with Gasteiger partial charge in [-0.1, -0.05) is 48.5 Å². The van der Waals surface area contributed by atoms with Crippen molar-refractivity contribution in [2.24, 2.45) is 5.92 Å². The molecule has 1 heterocycles. The highest BCUT2D eigenvalue weighted by molar-refractivity contribution is 7.83. The molecule has 5 rings (SSSR count). The second-order valence-electron chi connectivity index (χ2n) is 8.22. The van der Waals surface area contributed by atoms with Crippen molar-refractivity contribution in [1.82, 2.24) is 4.72 Å². The third kappa shape index (κ3) is 4.32. The van der Waals surface area contributed by atoms with E-state index in [-0.39, 0.29) is 5.76 Å². The summed E-state index contributed by atoms with van der Waals surface area (Å²) in [6.07, 6.45) is 2.59. The zero-order valence-electron chi connectivity index (χ0n) is 17.8. The molecule has 6 heteroatoms. The lowest BCUT2D eigenvalue weighted by Crippen LogP contribution is -2.25. The molecule has 0 saturated heterocycles. The van der Waals surface area contributed by atoms with E-state index in [1.165, 1.54) is 12.8 Å². The van der Waals surface area contributed by atoms with Crippen molar-refractivity contribution in [3.05, 3.63) is 84.6 Å². The van der Waals surface area contributed by atoms with E-state index in [0.29, 0.717) is 10.5 Å². The summed E-state index contributed by atoms with van der Waals surface area (Å²) in [4.78, 5) is 15.6. The van der Waals surface area contributed by atoms with Crippen LogP contribution in [0.1, 0.15) is 23.4 Å². The molecule has 1 aromatic heterocycles. The number of furan rings is 1. The number of hydrogen-bond acceptors (Lipinski definition) is 4. The van der Waals surface area contributed by atoms with Gasteiger partial charge in [0.1, 0.15) is 5.58 Å². The maximum atomic E-state index is 13.0. The van der Waals surface area contributed by atoms with Gasteiger partial charge in [0.05, 0.1) is 4.90 Å². The Morgan fingerprint density at radius 1 is 1.03 bits per heavy atom. The van der Waals surface area contributed by atoms with Crippen molar-refractivity contribution in [3.63, 3.8) is 0 Å². The summed E-state index contributed by atoms with van der Waals surface area (Å²) in [6, 6.07) is 24.7. The second-order valence-corrected chi connectivity index (χ2v) is 9.40. The normalized spacial score (nSPS) is 14.3. The van der Waals surface area contributed by atoms with Gasteiger partial charge in [-0.25, -0.2) is 4.21 Å². The summed E-state index contributed by atoms with van der Waals surface area (Å²) < 4.78 is 21.4. The highest BCUT2D eigenvalue weighted by Crippen LogP contribution is 2.32. The molecule has 0 bridgehead atoms. The van der Waals surface area contributed by atoms with E-state index in [1.54, 1.807) is 12.1 Å². The summed E-state index contributed by atoms with van der Waals surface area (Å²) in [5, 5.41) is 0.842. The minimum Gasteiger partial charge on any atom is -0.451 e. The highest BCUT2D eigenvalue weighted by atomic mass is 32.2. The van der Waals surface area contributed by atoms with E-state index in [1.807, 2.05) is 66.7 Å². The number of carbonyl (C=O) groups is 1. The molecule has 1 atom stereocenters. The Labute approximate surface area is 189 Å². The van der Waals surface area contributed by atoms with Crippen LogP contribution in [0.25, 0.3) is 22.1 Å². The predicted octanol–water partition coefficient (Wildman–Crippen LogP) is 5.40. The summed E-state index contributed by atoms with van der Waals surface area (Å²) in [7, 11) is 0.346. The lowest BCUT2D eigenvalue weighted by atomic mass is 10.1. The number of nitrogens with zero attached hydrogens (tertiary/aromatic N) is 1. The van der Waals surface area contributed by atoms with Crippen LogP contribution < -0.4 is 9.62 Å². The number of hydrogen-bond donors (Lipinski definition) is 1. The van der Waals surface area contributed by atoms with E-state index in [4.69, 9.17) is 4.42 Å². The zero-order chi connectivity index (χ0) is 22.1. The molecule has 162 valence electrons. The van der Waals surface area contributed by atoms with E-state index < -0.39 is 16.9 Å². The number of rotatable bonds is 7. The monoisotopic (exact) mass is 444 g/mol. The molecule has 1 amide bonds. The molecule has 32 heavy (non-hydrogen) atoms. The minimum atomic E-state index is -1.73. The van der Waals surface area contributed by atoms with Gasteiger partial charge in [-0.2, -0.15) is 0 Å². The van der Waals surface area contributed by atoms with Gasteiger partial charge in [0.25, 0.3) is 5.91 Å². The molecular formula is C26H24N2O3S. The molecule has 1 fully saturated rings. The second kappa shape index (κ2) is 8.63. The lowest BCUT2D eigenvalue weighted by Gasteiger charge is -2.18. The Hall–Kier alpha value is -3.38. The molecule has 0 aliphatic heterocycles. The maximum absolute atomic E-state index is 13.0. The van der Waals surface area contributed by atoms with Gasteiger partial charge < -0.3 is 9.32 Å². The van der Waals surface area contributed by atoms with Gasteiger partial charge in [-0.3, -0.25) is 9.52 Å². The molecular weight excluding hydrogens is 420 g/mol. The van der Waals surface area contributed by atoms with Crippen LogP contribution in [0.3, 0.4) is 0 Å². The van der Waals surface area contributed by atoms with E-state index >= 15 is 0 Å². The van der Waals surface area contributed by atoms with Crippen molar-refractivity contribution >= 4 is 33.5 Å². The van der Waals surface area contributed by atoms with Crippen LogP contribution >= 0.6 is 0 Å². The fourth-order valence-electron chi connectivity index (χ4n) is 3.84. The van der Waals surface area contributed by atoms with Crippen molar-refractivity contribution < 1.29 is 13.4 Å². The Morgan fingerprint density at radius 2 is 1.78 bits per heavy atom. The Morgan fingerprint density at radius 3 is 2.56 bits per heavy atom. The minimum absolute atomic E-state index is 0.146. The van der Waals surface area contributed by atoms with E-state index in [2.05, 4.69) is 16.7 Å². The molecule has 1 unspecified atom stereocenters. The molecule has 3 aromatic carbocycles. The summed E-state index contributed by atoms with van der Waals surface area (Å²) in [5.74, 6) is 0.421. The molecule has 0 spiro atoms. The summed E-state index contributed by atoms with van der Waals surface area (Å²) in [6.45, 7) is 1.03. The van der Waals surface area contributed by atoms with E-state index in [9.17, 15) is 9.00 Å². The third-order valence-corrected chi connectivity index (χ3v) is 6.88. The third-order valence-electron chi connectivity index (χ3n) is 5.75.